The van der Waals surface area contributed by atoms with Crippen molar-refractivity contribution in [2.24, 2.45) is 0 Å². The van der Waals surface area contributed by atoms with Gasteiger partial charge in [-0.05, 0) is 12.1 Å². The Bertz CT molecular complexity index is 276. The van der Waals surface area contributed by atoms with Crippen molar-refractivity contribution in [3.63, 3.8) is 0 Å². The van der Waals surface area contributed by atoms with E-state index in [1.165, 1.54) is 13.0 Å². The van der Waals surface area contributed by atoms with Crippen LogP contribution >= 0.6 is 0 Å². The van der Waals surface area contributed by atoms with Crippen LogP contribution in [0.25, 0.3) is 0 Å². The SMILES string of the molecule is CC(=O)Nc1cccc(O)c1.[Zr]. The molecule has 0 radical (unpaired) electrons. The zero-order valence-corrected chi connectivity index (χ0v) is 9.12. The molecule has 0 atom stereocenters. The zero-order valence-electron chi connectivity index (χ0n) is 6.66. The van der Waals surface area contributed by atoms with E-state index >= 15 is 0 Å². The van der Waals surface area contributed by atoms with Gasteiger partial charge in [0.2, 0.25) is 5.91 Å². The summed E-state index contributed by atoms with van der Waals surface area (Å²) in [5, 5.41) is 11.5. The molecule has 3 nitrogen and oxygen atoms in total. The van der Waals surface area contributed by atoms with Crippen LogP contribution in [0.3, 0.4) is 0 Å². The molecule has 0 fully saturated rings. The first-order valence-electron chi connectivity index (χ1n) is 3.25. The number of hydrogen-bond acceptors (Lipinski definition) is 2. The molecule has 0 aliphatic rings. The third-order valence-electron chi connectivity index (χ3n) is 1.17. The van der Waals surface area contributed by atoms with Gasteiger partial charge in [-0.1, -0.05) is 6.07 Å². The van der Waals surface area contributed by atoms with Crippen LogP contribution in [0.15, 0.2) is 24.3 Å². The normalized spacial score (nSPS) is 8.42. The molecule has 0 bridgehead atoms. The molecule has 0 aromatic heterocycles. The standard InChI is InChI=1S/C8H9NO2.Zr/c1-6(10)9-7-3-2-4-8(11)5-7;/h2-5,11H,1H3,(H,9,10);. The van der Waals surface area contributed by atoms with E-state index in [1.54, 1.807) is 18.2 Å². The van der Waals surface area contributed by atoms with Crippen LogP contribution in [-0.4, -0.2) is 11.0 Å². The number of phenols is 1. The third-order valence-corrected chi connectivity index (χ3v) is 1.17. The molecule has 1 rings (SSSR count). The Morgan fingerprint density at radius 1 is 1.50 bits per heavy atom. The molecule has 0 aliphatic heterocycles. The van der Waals surface area contributed by atoms with E-state index < -0.39 is 0 Å². The molecule has 0 aliphatic carbocycles. The van der Waals surface area contributed by atoms with E-state index in [0.717, 1.165) is 0 Å². The van der Waals surface area contributed by atoms with Crippen LogP contribution in [-0.2, 0) is 31.0 Å². The first-order chi connectivity index (χ1) is 5.18. The Hall–Kier alpha value is -0.627. The largest absolute Gasteiger partial charge is 0.508 e. The number of amides is 1. The molecule has 0 saturated heterocycles. The molecule has 4 heteroatoms. The summed E-state index contributed by atoms with van der Waals surface area (Å²) in [5.74, 6) is 0.00634. The van der Waals surface area contributed by atoms with Gasteiger partial charge in [0.1, 0.15) is 5.75 Å². The maximum absolute atomic E-state index is 10.5. The van der Waals surface area contributed by atoms with Crippen molar-refractivity contribution >= 4 is 11.6 Å². The van der Waals surface area contributed by atoms with Gasteiger partial charge < -0.3 is 10.4 Å². The van der Waals surface area contributed by atoms with E-state index in [-0.39, 0.29) is 37.9 Å². The molecule has 0 unspecified atom stereocenters. The average molecular weight is 242 g/mol. The molecule has 1 aromatic rings. The zero-order chi connectivity index (χ0) is 8.27. The van der Waals surface area contributed by atoms with Gasteiger partial charge in [-0.25, -0.2) is 0 Å². The first-order valence-corrected chi connectivity index (χ1v) is 3.25. The van der Waals surface area contributed by atoms with Crippen LogP contribution < -0.4 is 5.32 Å². The number of rotatable bonds is 1. The average Bonchev–Trinajstić information content (AvgIpc) is 1.85. The maximum atomic E-state index is 10.5. The van der Waals surface area contributed by atoms with Crippen molar-refractivity contribution in [3.05, 3.63) is 24.3 Å². The van der Waals surface area contributed by atoms with Gasteiger partial charge in [0.15, 0.2) is 0 Å². The summed E-state index contributed by atoms with van der Waals surface area (Å²) in [7, 11) is 0. The molecular formula is C8H9NO2Zr. The second-order valence-corrected chi connectivity index (χ2v) is 2.23. The Balaban J connectivity index is 0.00000121. The fourth-order valence-electron chi connectivity index (χ4n) is 0.787. The van der Waals surface area contributed by atoms with E-state index in [9.17, 15) is 4.79 Å². The van der Waals surface area contributed by atoms with Gasteiger partial charge in [-0.2, -0.15) is 0 Å². The summed E-state index contributed by atoms with van der Waals surface area (Å²) >= 11 is 0. The number of benzene rings is 1. The van der Waals surface area contributed by atoms with Crippen LogP contribution in [0.1, 0.15) is 6.92 Å². The number of nitrogens with one attached hydrogen (secondary N) is 1. The summed E-state index contributed by atoms with van der Waals surface area (Å²) in [4.78, 5) is 10.5. The molecule has 1 aromatic carbocycles. The van der Waals surface area contributed by atoms with Crippen molar-refractivity contribution in [2.45, 2.75) is 6.92 Å². The molecule has 2 N–H and O–H groups in total. The Labute approximate surface area is 89.9 Å². The number of anilines is 1. The van der Waals surface area contributed by atoms with Gasteiger partial charge in [0.05, 0.1) is 0 Å². The van der Waals surface area contributed by atoms with E-state index in [2.05, 4.69) is 5.32 Å². The number of carbonyl (C=O) groups excluding carboxylic acids is 1. The molecule has 0 saturated carbocycles. The third kappa shape index (κ3) is 3.67. The fraction of sp³-hybridized carbons (Fsp3) is 0.125. The smallest absolute Gasteiger partial charge is 0.221 e. The van der Waals surface area contributed by atoms with Crippen LogP contribution in [0.4, 0.5) is 5.69 Å². The summed E-state index contributed by atoms with van der Waals surface area (Å²) in [6, 6.07) is 6.41. The quantitative estimate of drug-likeness (QED) is 0.781. The number of carbonyl (C=O) groups is 1. The van der Waals surface area contributed by atoms with Gasteiger partial charge in [0, 0.05) is 44.9 Å². The predicted octanol–water partition coefficient (Wildman–Crippen LogP) is 1.35. The second kappa shape index (κ2) is 5.10. The van der Waals surface area contributed by atoms with Gasteiger partial charge in [0.25, 0.3) is 0 Å². The Kier molecular flexibility index (Phi) is 4.83. The van der Waals surface area contributed by atoms with Gasteiger partial charge in [-0.3, -0.25) is 4.79 Å². The summed E-state index contributed by atoms with van der Waals surface area (Å²) < 4.78 is 0. The molecule has 12 heavy (non-hydrogen) atoms. The van der Waals surface area contributed by atoms with Crippen molar-refractivity contribution in [1.82, 2.24) is 0 Å². The van der Waals surface area contributed by atoms with Crippen molar-refractivity contribution in [1.29, 1.82) is 0 Å². The van der Waals surface area contributed by atoms with Gasteiger partial charge >= 0.3 is 0 Å². The van der Waals surface area contributed by atoms with Crippen LogP contribution in [0, 0.1) is 0 Å². The van der Waals surface area contributed by atoms with Gasteiger partial charge in [-0.15, -0.1) is 0 Å². The van der Waals surface area contributed by atoms with Crippen molar-refractivity contribution < 1.29 is 36.1 Å². The second-order valence-electron chi connectivity index (χ2n) is 2.23. The minimum Gasteiger partial charge on any atom is -0.508 e. The topological polar surface area (TPSA) is 49.3 Å². The monoisotopic (exact) mass is 241 g/mol. The van der Waals surface area contributed by atoms with E-state index in [0.29, 0.717) is 5.69 Å². The summed E-state index contributed by atoms with van der Waals surface area (Å²) in [5.41, 5.74) is 0.609. The first kappa shape index (κ1) is 11.4. The minimum atomic E-state index is -0.143. The molecule has 0 heterocycles. The van der Waals surface area contributed by atoms with E-state index in [1.807, 2.05) is 0 Å². The van der Waals surface area contributed by atoms with Crippen LogP contribution in [0.5, 0.6) is 5.75 Å². The molecule has 0 spiro atoms. The summed E-state index contributed by atoms with van der Waals surface area (Å²) in [6.45, 7) is 1.42. The number of aromatic hydroxyl groups is 1. The predicted molar refractivity (Wildman–Crippen MR) is 42.4 cm³/mol. The van der Waals surface area contributed by atoms with Crippen molar-refractivity contribution in [3.8, 4) is 5.75 Å². The Morgan fingerprint density at radius 3 is 2.67 bits per heavy atom. The summed E-state index contributed by atoms with van der Waals surface area (Å²) in [6.07, 6.45) is 0. The molecule has 1 amide bonds. The van der Waals surface area contributed by atoms with Crippen molar-refractivity contribution in [2.75, 3.05) is 5.32 Å². The van der Waals surface area contributed by atoms with E-state index in [4.69, 9.17) is 5.11 Å². The van der Waals surface area contributed by atoms with Crippen LogP contribution in [0.2, 0.25) is 0 Å². The maximum Gasteiger partial charge on any atom is 0.221 e. The molecule has 62 valence electrons. The molecular weight excluding hydrogens is 233 g/mol. The number of hydrogen-bond donors (Lipinski definition) is 2. The Morgan fingerprint density at radius 2 is 2.17 bits per heavy atom. The minimum absolute atomic E-state index is 0. The fourth-order valence-corrected chi connectivity index (χ4v) is 0.787. The number of phenolic OH excluding ortho intramolecular Hbond substituents is 1.